The second-order valence-electron chi connectivity index (χ2n) is 13.4. The van der Waals surface area contributed by atoms with Crippen LogP contribution in [0.1, 0.15) is 106 Å². The number of allylic oxidation sites excluding steroid dienone is 10. The van der Waals surface area contributed by atoms with Crippen LogP contribution >= 0.6 is 0 Å². The van der Waals surface area contributed by atoms with E-state index >= 15 is 0 Å². The average molecular weight is 785 g/mol. The first kappa shape index (κ1) is 47.1. The van der Waals surface area contributed by atoms with E-state index < -0.39 is 53.7 Å². The number of carboxylic acid groups (broad SMARTS) is 1. The summed E-state index contributed by atoms with van der Waals surface area (Å²) >= 11 is 0. The maximum atomic E-state index is 13.6. The number of rotatable bonds is 25. The lowest BCUT2D eigenvalue weighted by molar-refractivity contribution is -0.305. The molecule has 2 rings (SSSR count). The molecule has 0 radical (unpaired) electrons. The molecule has 0 bridgehead atoms. The molecule has 0 aliphatic carbocycles. The number of carbonyl (C=O) groups is 6. The Labute approximate surface area is 335 Å². The van der Waals surface area contributed by atoms with Gasteiger partial charge in [-0.1, -0.05) is 106 Å². The number of nitrogens with one attached hydrogen (secondary N) is 1. The highest BCUT2D eigenvalue weighted by Crippen LogP contribution is 2.29. The molecule has 306 valence electrons. The van der Waals surface area contributed by atoms with Crippen molar-refractivity contribution in [2.45, 2.75) is 91.6 Å². The average Bonchev–Trinajstić information content (AvgIpc) is 3.17. The number of benzene rings is 2. The van der Waals surface area contributed by atoms with Crippen LogP contribution in [0.3, 0.4) is 0 Å². The summed E-state index contributed by atoms with van der Waals surface area (Å²) in [4.78, 5) is 75.1. The topological polar surface area (TPSA) is 174 Å². The van der Waals surface area contributed by atoms with Crippen LogP contribution in [0.2, 0.25) is 0 Å². The second kappa shape index (κ2) is 26.7. The van der Waals surface area contributed by atoms with Gasteiger partial charge in [-0.05, 0) is 69.2 Å². The molecule has 0 saturated heterocycles. The number of unbranched alkanes of at least 4 members (excludes halogenated alkanes) is 1. The number of para-hydroxylation sites is 2. The number of esters is 4. The van der Waals surface area contributed by atoms with Gasteiger partial charge in [-0.15, -0.1) is 0 Å². The summed E-state index contributed by atoms with van der Waals surface area (Å²) in [5.41, 5.74) is -1.59. The summed E-state index contributed by atoms with van der Waals surface area (Å²) < 4.78 is 21.7. The third kappa shape index (κ3) is 19.4. The minimum atomic E-state index is -1.57. The van der Waals surface area contributed by atoms with Crippen molar-refractivity contribution in [1.29, 1.82) is 0 Å². The van der Waals surface area contributed by atoms with E-state index in [2.05, 4.69) is 60.8 Å². The Morgan fingerprint density at radius 1 is 0.702 bits per heavy atom. The van der Waals surface area contributed by atoms with Gasteiger partial charge in [0.15, 0.2) is 6.10 Å². The van der Waals surface area contributed by atoms with Crippen LogP contribution in [0.5, 0.6) is 11.5 Å². The molecule has 1 atom stereocenters. The van der Waals surface area contributed by atoms with Crippen molar-refractivity contribution in [3.05, 3.63) is 120 Å². The smallest absolute Gasteiger partial charge is 0.347 e. The molecule has 12 nitrogen and oxygen atoms in total. The van der Waals surface area contributed by atoms with E-state index in [1.54, 1.807) is 19.9 Å². The van der Waals surface area contributed by atoms with E-state index in [0.29, 0.717) is 12.8 Å². The summed E-state index contributed by atoms with van der Waals surface area (Å²) in [6.45, 7) is 5.76. The van der Waals surface area contributed by atoms with Crippen molar-refractivity contribution in [2.75, 3.05) is 13.2 Å². The van der Waals surface area contributed by atoms with Crippen LogP contribution in [0.15, 0.2) is 109 Å². The Morgan fingerprint density at radius 3 is 1.75 bits per heavy atom. The largest absolute Gasteiger partial charge is 0.550 e. The van der Waals surface area contributed by atoms with Gasteiger partial charge >= 0.3 is 23.9 Å². The Morgan fingerprint density at radius 2 is 1.21 bits per heavy atom. The lowest BCUT2D eigenvalue weighted by atomic mass is 9.86. The molecule has 0 aliphatic heterocycles. The molecule has 0 spiro atoms. The molecule has 0 aliphatic rings. The highest BCUT2D eigenvalue weighted by Gasteiger charge is 2.40. The van der Waals surface area contributed by atoms with E-state index in [9.17, 15) is 33.9 Å². The Kier molecular flexibility index (Phi) is 22.1. The van der Waals surface area contributed by atoms with Gasteiger partial charge in [-0.2, -0.15) is 0 Å². The zero-order valence-corrected chi connectivity index (χ0v) is 33.2. The van der Waals surface area contributed by atoms with Crippen molar-refractivity contribution in [3.63, 3.8) is 0 Å². The fourth-order valence-corrected chi connectivity index (χ4v) is 5.02. The molecular formula is C45H54NO11-. The fraction of sp³-hybridized carbons (Fsp3) is 0.378. The minimum Gasteiger partial charge on any atom is -0.550 e. The summed E-state index contributed by atoms with van der Waals surface area (Å²) in [5, 5.41) is 13.4. The van der Waals surface area contributed by atoms with Crippen molar-refractivity contribution in [3.8, 4) is 11.5 Å². The standard InChI is InChI=1S/C45H55NO11/c1-5-6-7-8-9-10-11-12-13-14-15-16-17-18-19-20-21-30-40(50)54-33-45(3,4)41(42(51)46-32-31-39(48)49)57-44(53)36-27-23-25-29-38(36)56-43(52)35-26-22-24-28-37(35)55-34(2)47/h6-7,9-10,12-13,15-16,18-19,22-29,41H,5,8,11,14,17,20-21,30-33H2,1-4H3,(H,46,51)(H,48,49)/p-1/b7-6-,10-9-,13-12-,16-15-,19-18-/t41-/m0/s1. The predicted octanol–water partition coefficient (Wildman–Crippen LogP) is 7.10. The zero-order valence-electron chi connectivity index (χ0n) is 33.2. The van der Waals surface area contributed by atoms with E-state index in [1.165, 1.54) is 49.4 Å². The van der Waals surface area contributed by atoms with E-state index in [-0.39, 0.29) is 42.2 Å². The lowest BCUT2D eigenvalue weighted by Crippen LogP contribution is -2.49. The molecule has 2 aromatic carbocycles. The number of hydrogen-bond acceptors (Lipinski definition) is 11. The van der Waals surface area contributed by atoms with Crippen molar-refractivity contribution in [1.82, 2.24) is 5.32 Å². The molecule has 0 heterocycles. The van der Waals surface area contributed by atoms with E-state index in [4.69, 9.17) is 18.9 Å². The number of carbonyl (C=O) groups excluding carboxylic acids is 6. The van der Waals surface area contributed by atoms with Gasteiger partial charge in [-0.25, -0.2) is 9.59 Å². The van der Waals surface area contributed by atoms with Crippen molar-refractivity contribution in [2.24, 2.45) is 5.41 Å². The number of aliphatic carboxylic acids is 1. The predicted molar refractivity (Wildman–Crippen MR) is 214 cm³/mol. The fourth-order valence-electron chi connectivity index (χ4n) is 5.02. The maximum Gasteiger partial charge on any atom is 0.347 e. The van der Waals surface area contributed by atoms with Gasteiger partial charge in [-0.3, -0.25) is 14.4 Å². The third-order valence-electron chi connectivity index (χ3n) is 7.99. The number of carboxylic acids is 1. The van der Waals surface area contributed by atoms with Crippen LogP contribution < -0.4 is 19.9 Å². The molecule has 0 unspecified atom stereocenters. The monoisotopic (exact) mass is 784 g/mol. The van der Waals surface area contributed by atoms with Crippen molar-refractivity contribution < 1.29 is 52.8 Å². The van der Waals surface area contributed by atoms with Crippen molar-refractivity contribution >= 4 is 35.8 Å². The number of ether oxygens (including phenoxy) is 4. The molecule has 0 fully saturated rings. The van der Waals surface area contributed by atoms with Gasteiger partial charge in [0.1, 0.15) is 29.2 Å². The van der Waals surface area contributed by atoms with Gasteiger partial charge in [0.2, 0.25) is 0 Å². The maximum absolute atomic E-state index is 13.6. The minimum absolute atomic E-state index is 0.0474. The Balaban J connectivity index is 1.97. The first-order valence-corrected chi connectivity index (χ1v) is 19.0. The quantitative estimate of drug-likeness (QED) is 0.0471. The first-order valence-electron chi connectivity index (χ1n) is 19.0. The molecule has 0 aromatic heterocycles. The Hall–Kier alpha value is -6.04. The van der Waals surface area contributed by atoms with Gasteiger partial charge < -0.3 is 34.2 Å². The summed E-state index contributed by atoms with van der Waals surface area (Å²) in [5.74, 6) is -5.64. The molecule has 2 aromatic rings. The zero-order chi connectivity index (χ0) is 41.9. The molecular weight excluding hydrogens is 730 g/mol. The molecule has 1 N–H and O–H groups in total. The van der Waals surface area contributed by atoms with E-state index in [0.717, 1.165) is 32.1 Å². The molecule has 0 saturated carbocycles. The third-order valence-corrected chi connectivity index (χ3v) is 7.99. The Bertz CT molecular complexity index is 1780. The van der Waals surface area contributed by atoms with Gasteiger partial charge in [0.05, 0.1) is 0 Å². The van der Waals surface area contributed by atoms with Crippen LogP contribution in [0.4, 0.5) is 0 Å². The summed E-state index contributed by atoms with van der Waals surface area (Å²) in [6, 6.07) is 11.5. The van der Waals surface area contributed by atoms with Crippen LogP contribution in [-0.2, 0) is 28.7 Å². The molecule has 12 heteroatoms. The highest BCUT2D eigenvalue weighted by molar-refractivity contribution is 5.99. The van der Waals surface area contributed by atoms with E-state index in [1.807, 2.05) is 12.2 Å². The molecule has 57 heavy (non-hydrogen) atoms. The summed E-state index contributed by atoms with van der Waals surface area (Å²) in [6.07, 6.45) is 24.9. The highest BCUT2D eigenvalue weighted by atomic mass is 16.6. The number of hydrogen-bond donors (Lipinski definition) is 1. The summed E-state index contributed by atoms with van der Waals surface area (Å²) in [7, 11) is 0. The second-order valence-corrected chi connectivity index (χ2v) is 13.4. The van der Waals surface area contributed by atoms with Gasteiger partial charge in [0, 0.05) is 37.7 Å². The van der Waals surface area contributed by atoms with Crippen LogP contribution in [0, 0.1) is 5.41 Å². The van der Waals surface area contributed by atoms with Crippen LogP contribution in [0.25, 0.3) is 0 Å². The first-order chi connectivity index (χ1) is 27.4. The molecule has 1 amide bonds. The van der Waals surface area contributed by atoms with Crippen LogP contribution in [-0.4, -0.2) is 55.0 Å². The van der Waals surface area contributed by atoms with Gasteiger partial charge in [0.25, 0.3) is 5.91 Å². The number of amides is 1. The lowest BCUT2D eigenvalue weighted by Gasteiger charge is -2.32. The SMILES string of the molecule is CC/C=C\C/C=C\C/C=C\C/C=C\C/C=C\CCCC(=O)OCC(C)(C)[C@@H](OC(=O)c1ccccc1OC(=O)c1ccccc1OC(C)=O)C(=O)NCCC(=O)[O-]. The normalized spacial score (nSPS) is 12.4.